The Morgan fingerprint density at radius 2 is 1.40 bits per heavy atom. The van der Waals surface area contributed by atoms with E-state index in [1.165, 1.54) is 0 Å². The van der Waals surface area contributed by atoms with Crippen LogP contribution in [0.3, 0.4) is 0 Å². The van der Waals surface area contributed by atoms with Gasteiger partial charge in [0.1, 0.15) is 0 Å². The number of hydrogen-bond acceptors (Lipinski definition) is 0. The van der Waals surface area contributed by atoms with Crippen LogP contribution in [0.25, 0.3) is 12.2 Å². The summed E-state index contributed by atoms with van der Waals surface area (Å²) in [4.78, 5) is 0. The molecule has 0 saturated heterocycles. The van der Waals surface area contributed by atoms with Gasteiger partial charge in [0, 0.05) is 5.56 Å². The molecule has 2 rings (SSSR count). The highest BCUT2D eigenvalue weighted by molar-refractivity contribution is 5.72. The third-order valence-electron chi connectivity index (χ3n) is 2.17. The standard InChI is InChI=1S/C14H11O/c15-14-9-5-4-8-13(14)11-10-12-6-2-1-3-7-12/h1-11H/b11-10+. The first-order valence-electron chi connectivity index (χ1n) is 4.85. The second-order valence-electron chi connectivity index (χ2n) is 3.28. The highest BCUT2D eigenvalue weighted by atomic mass is 16.3. The summed E-state index contributed by atoms with van der Waals surface area (Å²) in [5.41, 5.74) is 1.82. The molecule has 0 aliphatic heterocycles. The summed E-state index contributed by atoms with van der Waals surface area (Å²) in [5.74, 6) is 0.0599. The molecule has 1 nitrogen and oxygen atoms in total. The van der Waals surface area contributed by atoms with Crippen LogP contribution in [0.2, 0.25) is 0 Å². The van der Waals surface area contributed by atoms with E-state index in [1.807, 2.05) is 54.6 Å². The van der Waals surface area contributed by atoms with Gasteiger partial charge < -0.3 is 0 Å². The number of benzene rings is 2. The summed E-state index contributed by atoms with van der Waals surface area (Å²) in [6.07, 6.45) is 3.79. The minimum Gasteiger partial charge on any atom is -0.289 e. The van der Waals surface area contributed by atoms with Gasteiger partial charge in [0.05, 0.1) is 0 Å². The normalized spacial score (nSPS) is 10.7. The molecule has 1 radical (unpaired) electrons. The smallest absolute Gasteiger partial charge is 0.185 e. The van der Waals surface area contributed by atoms with Crippen LogP contribution in [0, 0.1) is 0 Å². The Bertz CT molecular complexity index is 458. The molecule has 1 heteroatoms. The Morgan fingerprint density at radius 1 is 0.733 bits per heavy atom. The van der Waals surface area contributed by atoms with Gasteiger partial charge in [-0.25, -0.2) is 0 Å². The Kier molecular flexibility index (Phi) is 2.84. The van der Waals surface area contributed by atoms with Gasteiger partial charge in [-0.1, -0.05) is 60.7 Å². The fraction of sp³-hybridized carbons (Fsp3) is 0. The SMILES string of the molecule is [O]c1ccccc1/C=C/c1ccccc1. The molecule has 0 atom stereocenters. The zero-order chi connectivity index (χ0) is 10.5. The number of hydrogen-bond donors (Lipinski definition) is 0. The van der Waals surface area contributed by atoms with E-state index in [0.717, 1.165) is 11.1 Å². The average molecular weight is 195 g/mol. The van der Waals surface area contributed by atoms with Crippen LogP contribution in [-0.4, -0.2) is 0 Å². The molecule has 0 aliphatic rings. The van der Waals surface area contributed by atoms with E-state index in [9.17, 15) is 5.11 Å². The second kappa shape index (κ2) is 4.47. The summed E-state index contributed by atoms with van der Waals surface area (Å²) >= 11 is 0. The lowest BCUT2D eigenvalue weighted by Crippen LogP contribution is -1.72. The topological polar surface area (TPSA) is 19.9 Å². The van der Waals surface area contributed by atoms with Gasteiger partial charge in [-0.15, -0.1) is 0 Å². The predicted octanol–water partition coefficient (Wildman–Crippen LogP) is 4.00. The fourth-order valence-corrected chi connectivity index (χ4v) is 1.37. The Balaban J connectivity index is 2.23. The maximum absolute atomic E-state index is 11.4. The maximum Gasteiger partial charge on any atom is 0.185 e. The van der Waals surface area contributed by atoms with Gasteiger partial charge in [0.2, 0.25) is 0 Å². The molecule has 0 fully saturated rings. The molecule has 2 aromatic rings. The molecule has 0 N–H and O–H groups in total. The number of para-hydroxylation sites is 1. The first-order chi connectivity index (χ1) is 7.36. The highest BCUT2D eigenvalue weighted by Crippen LogP contribution is 2.19. The van der Waals surface area contributed by atoms with E-state index in [-0.39, 0.29) is 5.75 Å². The van der Waals surface area contributed by atoms with Crippen molar-refractivity contribution in [2.24, 2.45) is 0 Å². The first kappa shape index (κ1) is 9.53. The van der Waals surface area contributed by atoms with Crippen molar-refractivity contribution in [2.75, 3.05) is 0 Å². The minimum absolute atomic E-state index is 0.0599. The zero-order valence-corrected chi connectivity index (χ0v) is 8.26. The Morgan fingerprint density at radius 3 is 2.13 bits per heavy atom. The Hall–Kier alpha value is -2.02. The molecule has 0 aromatic heterocycles. The molecule has 0 bridgehead atoms. The van der Waals surface area contributed by atoms with Crippen molar-refractivity contribution in [2.45, 2.75) is 0 Å². The van der Waals surface area contributed by atoms with Crippen LogP contribution < -0.4 is 0 Å². The average Bonchev–Trinajstić information content (AvgIpc) is 2.29. The van der Waals surface area contributed by atoms with Crippen LogP contribution in [-0.2, 0) is 5.11 Å². The van der Waals surface area contributed by atoms with Crippen molar-refractivity contribution in [3.63, 3.8) is 0 Å². The molecular weight excluding hydrogens is 184 g/mol. The summed E-state index contributed by atoms with van der Waals surface area (Å²) in [5, 5.41) is 11.4. The Labute approximate surface area is 89.3 Å². The van der Waals surface area contributed by atoms with Crippen LogP contribution >= 0.6 is 0 Å². The van der Waals surface area contributed by atoms with Crippen LogP contribution in [0.15, 0.2) is 54.6 Å². The van der Waals surface area contributed by atoms with Crippen molar-refractivity contribution >= 4 is 12.2 Å². The third kappa shape index (κ3) is 2.47. The van der Waals surface area contributed by atoms with E-state index < -0.39 is 0 Å². The van der Waals surface area contributed by atoms with Gasteiger partial charge in [-0.3, -0.25) is 5.11 Å². The van der Waals surface area contributed by atoms with E-state index >= 15 is 0 Å². The van der Waals surface area contributed by atoms with Gasteiger partial charge >= 0.3 is 0 Å². The van der Waals surface area contributed by atoms with E-state index in [2.05, 4.69) is 0 Å². The van der Waals surface area contributed by atoms with Gasteiger partial charge in [-0.05, 0) is 11.6 Å². The van der Waals surface area contributed by atoms with Crippen LogP contribution in [0.1, 0.15) is 11.1 Å². The molecule has 15 heavy (non-hydrogen) atoms. The summed E-state index contributed by atoms with van der Waals surface area (Å²) in [7, 11) is 0. The minimum atomic E-state index is 0.0599. The molecule has 0 spiro atoms. The quantitative estimate of drug-likeness (QED) is 0.645. The zero-order valence-electron chi connectivity index (χ0n) is 8.26. The molecule has 73 valence electrons. The van der Waals surface area contributed by atoms with Crippen molar-refractivity contribution < 1.29 is 5.11 Å². The molecule has 0 unspecified atom stereocenters. The largest absolute Gasteiger partial charge is 0.289 e. The van der Waals surface area contributed by atoms with E-state index in [1.54, 1.807) is 12.1 Å². The summed E-state index contributed by atoms with van der Waals surface area (Å²) in [6, 6.07) is 16.9. The van der Waals surface area contributed by atoms with Crippen molar-refractivity contribution in [1.82, 2.24) is 0 Å². The van der Waals surface area contributed by atoms with E-state index in [0.29, 0.717) is 0 Å². The second-order valence-corrected chi connectivity index (χ2v) is 3.28. The molecule has 0 aliphatic carbocycles. The van der Waals surface area contributed by atoms with Gasteiger partial charge in [0.25, 0.3) is 0 Å². The molecule has 0 saturated carbocycles. The highest BCUT2D eigenvalue weighted by Gasteiger charge is 1.95. The monoisotopic (exact) mass is 195 g/mol. The van der Waals surface area contributed by atoms with Gasteiger partial charge in [0.15, 0.2) is 5.75 Å². The molecule has 2 aromatic carbocycles. The van der Waals surface area contributed by atoms with Crippen molar-refractivity contribution in [3.05, 3.63) is 65.7 Å². The first-order valence-corrected chi connectivity index (χ1v) is 4.85. The summed E-state index contributed by atoms with van der Waals surface area (Å²) < 4.78 is 0. The molecule has 0 heterocycles. The lowest BCUT2D eigenvalue weighted by atomic mass is 10.1. The molecular formula is C14H11O. The van der Waals surface area contributed by atoms with Crippen molar-refractivity contribution in [3.8, 4) is 5.75 Å². The summed E-state index contributed by atoms with van der Waals surface area (Å²) in [6.45, 7) is 0. The third-order valence-corrected chi connectivity index (χ3v) is 2.17. The fourth-order valence-electron chi connectivity index (χ4n) is 1.37. The van der Waals surface area contributed by atoms with Crippen LogP contribution in [0.5, 0.6) is 5.75 Å². The van der Waals surface area contributed by atoms with Crippen molar-refractivity contribution in [1.29, 1.82) is 0 Å². The lowest BCUT2D eigenvalue weighted by Gasteiger charge is -1.94. The maximum atomic E-state index is 11.4. The van der Waals surface area contributed by atoms with Crippen LogP contribution in [0.4, 0.5) is 0 Å². The van der Waals surface area contributed by atoms with E-state index in [4.69, 9.17) is 0 Å². The number of rotatable bonds is 2. The predicted molar refractivity (Wildman–Crippen MR) is 61.9 cm³/mol. The van der Waals surface area contributed by atoms with Gasteiger partial charge in [-0.2, -0.15) is 0 Å². The molecule has 0 amide bonds. The lowest BCUT2D eigenvalue weighted by molar-refractivity contribution is 0.354.